The minimum atomic E-state index is -0.580. The largest absolute Gasteiger partial charge is 0.463 e. The van der Waals surface area contributed by atoms with Crippen LogP contribution in [0, 0.1) is 0 Å². The van der Waals surface area contributed by atoms with E-state index in [1.165, 1.54) is 0 Å². The number of hydrogen-bond acceptors (Lipinski definition) is 5. The Kier molecular flexibility index (Phi) is 8.92. The van der Waals surface area contributed by atoms with Crippen LogP contribution in [0.25, 0.3) is 0 Å². The van der Waals surface area contributed by atoms with Gasteiger partial charge < -0.3 is 20.3 Å². The Morgan fingerprint density at radius 1 is 1.15 bits per heavy atom. The molecular weight excluding hydrogens is 434 g/mol. The van der Waals surface area contributed by atoms with E-state index in [-0.39, 0.29) is 24.7 Å². The first-order valence-electron chi connectivity index (χ1n) is 12.2. The highest BCUT2D eigenvalue weighted by Crippen LogP contribution is 2.32. The van der Waals surface area contributed by atoms with Gasteiger partial charge in [0.1, 0.15) is 0 Å². The molecule has 1 fully saturated rings. The SMILES string of the molecule is CCCNC(=O)N1CCN(CC2=C(C(=O)OCC)[C@@H](c3ccccc3)NC(=O)N2CC)C[C@H]1C. The first-order valence-corrected chi connectivity index (χ1v) is 12.2. The van der Waals surface area contributed by atoms with Gasteiger partial charge in [0.15, 0.2) is 0 Å². The van der Waals surface area contributed by atoms with E-state index in [4.69, 9.17) is 4.74 Å². The van der Waals surface area contributed by atoms with Gasteiger partial charge in [-0.05, 0) is 32.8 Å². The van der Waals surface area contributed by atoms with E-state index in [0.717, 1.165) is 12.0 Å². The van der Waals surface area contributed by atoms with Crippen LogP contribution in [0.5, 0.6) is 0 Å². The van der Waals surface area contributed by atoms with Crippen molar-refractivity contribution in [1.82, 2.24) is 25.3 Å². The average molecular weight is 472 g/mol. The molecule has 0 saturated carbocycles. The second kappa shape index (κ2) is 11.9. The average Bonchev–Trinajstić information content (AvgIpc) is 2.83. The molecule has 0 bridgehead atoms. The highest BCUT2D eigenvalue weighted by Gasteiger charge is 2.39. The van der Waals surface area contributed by atoms with Crippen LogP contribution in [0.2, 0.25) is 0 Å². The second-order valence-electron chi connectivity index (χ2n) is 8.63. The number of amides is 4. The van der Waals surface area contributed by atoms with Crippen molar-refractivity contribution in [3.8, 4) is 0 Å². The standard InChI is InChI=1S/C25H37N5O4/c1-5-13-26-24(32)30-15-14-28(16-18(30)4)17-20-21(23(31)34-7-3)22(19-11-9-8-10-12-19)27-25(33)29(20)6-2/h8-12,18,22H,5-7,13-17H2,1-4H3,(H,26,32)(H,27,33)/t18-,22-/m1/s1. The molecule has 3 rings (SSSR count). The summed E-state index contributed by atoms with van der Waals surface area (Å²) in [5.41, 5.74) is 1.96. The Hall–Kier alpha value is -3.07. The van der Waals surface area contributed by atoms with Crippen LogP contribution in [0.4, 0.5) is 9.59 Å². The maximum absolute atomic E-state index is 13.2. The molecule has 2 heterocycles. The molecule has 0 radical (unpaired) electrons. The predicted octanol–water partition coefficient (Wildman–Crippen LogP) is 2.72. The quantitative estimate of drug-likeness (QED) is 0.569. The first kappa shape index (κ1) is 25.6. The van der Waals surface area contributed by atoms with Crippen LogP contribution in [0.1, 0.15) is 45.7 Å². The molecule has 0 unspecified atom stereocenters. The van der Waals surface area contributed by atoms with Gasteiger partial charge in [0.2, 0.25) is 0 Å². The van der Waals surface area contributed by atoms with E-state index in [1.807, 2.05) is 56.0 Å². The van der Waals surface area contributed by atoms with Crippen molar-refractivity contribution in [2.24, 2.45) is 0 Å². The van der Waals surface area contributed by atoms with Crippen molar-refractivity contribution in [3.63, 3.8) is 0 Å². The fraction of sp³-hybridized carbons (Fsp3) is 0.560. The zero-order chi connectivity index (χ0) is 24.7. The van der Waals surface area contributed by atoms with E-state index in [0.29, 0.717) is 50.5 Å². The molecule has 9 nitrogen and oxygen atoms in total. The lowest BCUT2D eigenvalue weighted by atomic mass is 9.94. The Morgan fingerprint density at radius 2 is 1.88 bits per heavy atom. The van der Waals surface area contributed by atoms with Crippen LogP contribution in [0.3, 0.4) is 0 Å². The molecule has 0 aliphatic carbocycles. The van der Waals surface area contributed by atoms with Crippen molar-refractivity contribution >= 4 is 18.0 Å². The first-order chi connectivity index (χ1) is 16.4. The van der Waals surface area contributed by atoms with Gasteiger partial charge in [0.25, 0.3) is 0 Å². The van der Waals surface area contributed by atoms with E-state index in [1.54, 1.807) is 11.8 Å². The third-order valence-electron chi connectivity index (χ3n) is 6.25. The number of hydrogen-bond donors (Lipinski definition) is 2. The number of ether oxygens (including phenoxy) is 1. The normalized spacial score (nSPS) is 21.4. The predicted molar refractivity (Wildman–Crippen MR) is 130 cm³/mol. The molecule has 2 aliphatic heterocycles. The Morgan fingerprint density at radius 3 is 2.50 bits per heavy atom. The molecule has 0 aromatic heterocycles. The van der Waals surface area contributed by atoms with E-state index in [2.05, 4.69) is 15.5 Å². The van der Waals surface area contributed by atoms with E-state index < -0.39 is 12.0 Å². The summed E-state index contributed by atoms with van der Waals surface area (Å²) >= 11 is 0. The molecule has 4 amide bonds. The lowest BCUT2D eigenvalue weighted by Gasteiger charge is -2.42. The molecule has 1 aromatic rings. The number of carbonyl (C=O) groups excluding carboxylic acids is 3. The fourth-order valence-corrected chi connectivity index (χ4v) is 4.58. The molecule has 0 spiro atoms. The molecule has 2 aliphatic rings. The van der Waals surface area contributed by atoms with Gasteiger partial charge in [-0.3, -0.25) is 9.80 Å². The Bertz CT molecular complexity index is 904. The summed E-state index contributed by atoms with van der Waals surface area (Å²) < 4.78 is 5.43. The molecule has 2 atom stereocenters. The van der Waals surface area contributed by atoms with Crippen LogP contribution in [0.15, 0.2) is 41.6 Å². The van der Waals surface area contributed by atoms with Gasteiger partial charge in [0.05, 0.1) is 18.2 Å². The molecule has 186 valence electrons. The van der Waals surface area contributed by atoms with Crippen LogP contribution in [-0.2, 0) is 9.53 Å². The van der Waals surface area contributed by atoms with Crippen LogP contribution < -0.4 is 10.6 Å². The highest BCUT2D eigenvalue weighted by molar-refractivity contribution is 5.95. The summed E-state index contributed by atoms with van der Waals surface area (Å²) in [6.45, 7) is 11.4. The van der Waals surface area contributed by atoms with Crippen LogP contribution >= 0.6 is 0 Å². The van der Waals surface area contributed by atoms with Crippen molar-refractivity contribution in [1.29, 1.82) is 0 Å². The molecule has 1 saturated heterocycles. The van der Waals surface area contributed by atoms with Gasteiger partial charge in [-0.1, -0.05) is 37.3 Å². The van der Waals surface area contributed by atoms with Crippen molar-refractivity contribution < 1.29 is 19.1 Å². The number of carbonyl (C=O) groups is 3. The Labute approximate surface area is 202 Å². The topological polar surface area (TPSA) is 94.2 Å². The number of likely N-dealkylation sites (N-methyl/N-ethyl adjacent to an activating group) is 1. The van der Waals surface area contributed by atoms with E-state index >= 15 is 0 Å². The maximum Gasteiger partial charge on any atom is 0.338 e. The number of esters is 1. The summed E-state index contributed by atoms with van der Waals surface area (Å²) in [6, 6.07) is 8.64. The number of benzene rings is 1. The zero-order valence-electron chi connectivity index (χ0n) is 20.7. The van der Waals surface area contributed by atoms with Crippen molar-refractivity contribution in [2.45, 2.75) is 46.2 Å². The molecule has 9 heteroatoms. The lowest BCUT2D eigenvalue weighted by molar-refractivity contribution is -0.139. The number of rotatable bonds is 8. The molecular formula is C25H37N5O4. The minimum absolute atomic E-state index is 0.00895. The summed E-state index contributed by atoms with van der Waals surface area (Å²) in [6.07, 6.45) is 0.891. The lowest BCUT2D eigenvalue weighted by Crippen LogP contribution is -2.58. The monoisotopic (exact) mass is 471 g/mol. The van der Waals surface area contributed by atoms with Gasteiger partial charge >= 0.3 is 18.0 Å². The minimum Gasteiger partial charge on any atom is -0.463 e. The third-order valence-corrected chi connectivity index (χ3v) is 6.25. The molecule has 1 aromatic carbocycles. The number of piperazine rings is 1. The summed E-state index contributed by atoms with van der Waals surface area (Å²) in [5, 5.41) is 5.94. The van der Waals surface area contributed by atoms with Crippen molar-refractivity contribution in [2.75, 3.05) is 45.9 Å². The zero-order valence-corrected chi connectivity index (χ0v) is 20.7. The van der Waals surface area contributed by atoms with Gasteiger partial charge in [-0.25, -0.2) is 14.4 Å². The summed E-state index contributed by atoms with van der Waals surface area (Å²) in [5.74, 6) is -0.421. The highest BCUT2D eigenvalue weighted by atomic mass is 16.5. The summed E-state index contributed by atoms with van der Waals surface area (Å²) in [4.78, 5) is 44.4. The fourth-order valence-electron chi connectivity index (χ4n) is 4.58. The summed E-state index contributed by atoms with van der Waals surface area (Å²) in [7, 11) is 0. The maximum atomic E-state index is 13.2. The second-order valence-corrected chi connectivity index (χ2v) is 8.63. The number of nitrogens with one attached hydrogen (secondary N) is 2. The van der Waals surface area contributed by atoms with Gasteiger partial charge in [-0.15, -0.1) is 0 Å². The third kappa shape index (κ3) is 5.70. The molecule has 34 heavy (non-hydrogen) atoms. The van der Waals surface area contributed by atoms with Gasteiger partial charge in [-0.2, -0.15) is 0 Å². The molecule has 2 N–H and O–H groups in total. The van der Waals surface area contributed by atoms with E-state index in [9.17, 15) is 14.4 Å². The van der Waals surface area contributed by atoms with Crippen molar-refractivity contribution in [3.05, 3.63) is 47.2 Å². The number of urea groups is 2. The van der Waals surface area contributed by atoms with Gasteiger partial charge in [0, 0.05) is 51.0 Å². The van der Waals surface area contributed by atoms with Crippen LogP contribution in [-0.4, -0.2) is 84.6 Å². The Balaban J connectivity index is 1.90. The smallest absolute Gasteiger partial charge is 0.338 e. The number of nitrogens with zero attached hydrogens (tertiary/aromatic N) is 3.